The topological polar surface area (TPSA) is 79.2 Å². The number of anilines is 1. The Kier molecular flexibility index (Phi) is 2.34. The Bertz CT molecular complexity index is 441. The highest BCUT2D eigenvalue weighted by atomic mass is 16.7. The number of hydrogen-bond donors (Lipinski definition) is 2. The number of hydroxylamine groups is 1. The first-order chi connectivity index (χ1) is 7.58. The van der Waals surface area contributed by atoms with E-state index in [-0.39, 0.29) is 17.0 Å². The van der Waals surface area contributed by atoms with E-state index in [2.05, 4.69) is 0 Å². The Balaban J connectivity index is 2.73. The van der Waals surface area contributed by atoms with Gasteiger partial charge in [0.1, 0.15) is 5.75 Å². The number of ether oxygens (including phenoxy) is 2. The van der Waals surface area contributed by atoms with Crippen molar-refractivity contribution in [2.75, 3.05) is 19.3 Å². The second-order valence-electron chi connectivity index (χ2n) is 3.31. The van der Waals surface area contributed by atoms with Crippen LogP contribution in [0.2, 0.25) is 0 Å². The molecular weight excluding hydrogens is 214 g/mol. The normalized spacial score (nSPS) is 17.7. The third-order valence-corrected chi connectivity index (χ3v) is 2.63. The van der Waals surface area contributed by atoms with Crippen LogP contribution in [-0.4, -0.2) is 30.4 Å². The number of rotatable bonds is 2. The van der Waals surface area contributed by atoms with Crippen LogP contribution >= 0.6 is 0 Å². The standard InChI is InChI=1S/C10H11NO5/c1-15-10(16-2)8-6(11(14)9(10)13)4-3-5-7(8)12/h3-5,12,14H,1-2H3. The molecule has 2 rings (SSSR count). The van der Waals surface area contributed by atoms with Crippen LogP contribution in [0.25, 0.3) is 0 Å². The molecule has 2 N–H and O–H groups in total. The van der Waals surface area contributed by atoms with Gasteiger partial charge in [-0.15, -0.1) is 0 Å². The van der Waals surface area contributed by atoms with Crippen LogP contribution in [0.3, 0.4) is 0 Å². The Morgan fingerprint density at radius 1 is 1.31 bits per heavy atom. The lowest BCUT2D eigenvalue weighted by molar-refractivity contribution is -0.212. The fourth-order valence-corrected chi connectivity index (χ4v) is 1.86. The lowest BCUT2D eigenvalue weighted by Crippen LogP contribution is -2.42. The summed E-state index contributed by atoms with van der Waals surface area (Å²) < 4.78 is 10.0. The van der Waals surface area contributed by atoms with E-state index < -0.39 is 11.7 Å². The number of hydrogen-bond acceptors (Lipinski definition) is 5. The van der Waals surface area contributed by atoms with Crippen LogP contribution in [-0.2, 0) is 20.1 Å². The number of fused-ring (bicyclic) bond motifs is 1. The van der Waals surface area contributed by atoms with Gasteiger partial charge in [-0.25, -0.2) is 0 Å². The molecule has 86 valence electrons. The summed E-state index contributed by atoms with van der Waals surface area (Å²) in [7, 11) is 2.52. The number of carbonyl (C=O) groups is 1. The average molecular weight is 225 g/mol. The molecule has 6 nitrogen and oxygen atoms in total. The quantitative estimate of drug-likeness (QED) is 0.568. The van der Waals surface area contributed by atoms with E-state index in [4.69, 9.17) is 9.47 Å². The van der Waals surface area contributed by atoms with Crippen molar-refractivity contribution in [3.8, 4) is 5.75 Å². The number of phenols is 1. The van der Waals surface area contributed by atoms with Gasteiger partial charge in [-0.3, -0.25) is 10.0 Å². The Morgan fingerprint density at radius 2 is 1.94 bits per heavy atom. The summed E-state index contributed by atoms with van der Waals surface area (Å²) in [5.74, 6) is -2.75. The number of phenolic OH excluding ortho intramolecular Hbond substituents is 1. The van der Waals surface area contributed by atoms with E-state index in [9.17, 15) is 15.1 Å². The zero-order valence-electron chi connectivity index (χ0n) is 8.80. The fraction of sp³-hybridized carbons (Fsp3) is 0.300. The summed E-state index contributed by atoms with van der Waals surface area (Å²) in [6, 6.07) is 4.37. The highest BCUT2D eigenvalue weighted by molar-refractivity contribution is 6.05. The number of amides is 1. The van der Waals surface area contributed by atoms with E-state index in [1.54, 1.807) is 0 Å². The van der Waals surface area contributed by atoms with Crippen molar-refractivity contribution in [2.24, 2.45) is 0 Å². The number of aromatic hydroxyl groups is 1. The zero-order chi connectivity index (χ0) is 11.9. The van der Waals surface area contributed by atoms with Crippen LogP contribution in [0.4, 0.5) is 5.69 Å². The zero-order valence-corrected chi connectivity index (χ0v) is 8.80. The van der Waals surface area contributed by atoms with E-state index in [1.165, 1.54) is 32.4 Å². The summed E-state index contributed by atoms with van der Waals surface area (Å²) in [6.07, 6.45) is 0. The highest BCUT2D eigenvalue weighted by Crippen LogP contribution is 2.46. The molecule has 16 heavy (non-hydrogen) atoms. The van der Waals surface area contributed by atoms with Gasteiger partial charge in [-0.05, 0) is 12.1 Å². The lowest BCUT2D eigenvalue weighted by Gasteiger charge is -2.24. The van der Waals surface area contributed by atoms with Gasteiger partial charge in [0.2, 0.25) is 0 Å². The minimum absolute atomic E-state index is 0.104. The molecule has 6 heteroatoms. The number of methoxy groups -OCH3 is 2. The van der Waals surface area contributed by atoms with Gasteiger partial charge in [0.15, 0.2) is 0 Å². The van der Waals surface area contributed by atoms with Gasteiger partial charge in [-0.2, -0.15) is 5.06 Å². The molecule has 1 aliphatic rings. The van der Waals surface area contributed by atoms with Crippen LogP contribution < -0.4 is 5.06 Å². The van der Waals surface area contributed by atoms with E-state index >= 15 is 0 Å². The third kappa shape index (κ3) is 1.09. The minimum atomic E-state index is -1.78. The van der Waals surface area contributed by atoms with Crippen LogP contribution in [0.5, 0.6) is 5.75 Å². The van der Waals surface area contributed by atoms with Gasteiger partial charge in [0.05, 0.1) is 11.3 Å². The molecule has 0 aromatic heterocycles. The second kappa shape index (κ2) is 3.44. The Labute approximate surface area is 91.6 Å². The molecule has 0 aliphatic carbocycles. The van der Waals surface area contributed by atoms with Crippen molar-refractivity contribution in [1.82, 2.24) is 0 Å². The molecule has 1 heterocycles. The van der Waals surface area contributed by atoms with Crippen molar-refractivity contribution >= 4 is 11.6 Å². The average Bonchev–Trinajstić information content (AvgIpc) is 2.52. The smallest absolute Gasteiger partial charge is 0.316 e. The molecule has 0 saturated carbocycles. The molecule has 0 fully saturated rings. The number of benzene rings is 1. The van der Waals surface area contributed by atoms with Crippen LogP contribution in [0.1, 0.15) is 5.56 Å². The van der Waals surface area contributed by atoms with E-state index in [0.29, 0.717) is 5.06 Å². The number of carbonyl (C=O) groups excluding carboxylic acids is 1. The monoisotopic (exact) mass is 225 g/mol. The largest absolute Gasteiger partial charge is 0.507 e. The first-order valence-corrected chi connectivity index (χ1v) is 4.54. The predicted octanol–water partition coefficient (Wildman–Crippen LogP) is 0.574. The van der Waals surface area contributed by atoms with Crippen molar-refractivity contribution in [1.29, 1.82) is 0 Å². The van der Waals surface area contributed by atoms with Gasteiger partial charge in [-0.1, -0.05) is 6.07 Å². The molecule has 1 amide bonds. The van der Waals surface area contributed by atoms with Crippen molar-refractivity contribution in [2.45, 2.75) is 5.79 Å². The lowest BCUT2D eigenvalue weighted by atomic mass is 10.1. The Hall–Kier alpha value is -1.63. The number of nitrogens with zero attached hydrogens (tertiary/aromatic N) is 1. The minimum Gasteiger partial charge on any atom is -0.507 e. The molecular formula is C10H11NO5. The van der Waals surface area contributed by atoms with Crippen molar-refractivity contribution in [3.63, 3.8) is 0 Å². The summed E-state index contributed by atoms with van der Waals surface area (Å²) >= 11 is 0. The maximum absolute atomic E-state index is 11.8. The molecule has 0 saturated heterocycles. The Morgan fingerprint density at radius 3 is 2.50 bits per heavy atom. The fourth-order valence-electron chi connectivity index (χ4n) is 1.86. The van der Waals surface area contributed by atoms with Gasteiger partial charge in [0, 0.05) is 14.2 Å². The maximum Gasteiger partial charge on any atom is 0.316 e. The molecule has 1 aromatic rings. The predicted molar refractivity (Wildman–Crippen MR) is 53.1 cm³/mol. The van der Waals surface area contributed by atoms with Crippen molar-refractivity contribution in [3.05, 3.63) is 23.8 Å². The molecule has 0 atom stereocenters. The molecule has 0 radical (unpaired) electrons. The third-order valence-electron chi connectivity index (χ3n) is 2.63. The molecule has 0 bridgehead atoms. The van der Waals surface area contributed by atoms with Gasteiger partial charge < -0.3 is 14.6 Å². The van der Waals surface area contributed by atoms with Crippen LogP contribution in [0.15, 0.2) is 18.2 Å². The van der Waals surface area contributed by atoms with E-state index in [1.807, 2.05) is 0 Å². The first kappa shape index (κ1) is 10.9. The molecule has 0 spiro atoms. The van der Waals surface area contributed by atoms with Crippen molar-refractivity contribution < 1.29 is 24.6 Å². The van der Waals surface area contributed by atoms with Gasteiger partial charge >= 0.3 is 5.91 Å². The highest BCUT2D eigenvalue weighted by Gasteiger charge is 2.54. The SMILES string of the molecule is COC1(OC)C(=O)N(O)c2cccc(O)c21. The first-order valence-electron chi connectivity index (χ1n) is 4.54. The summed E-state index contributed by atoms with van der Waals surface area (Å²) in [5, 5.41) is 19.7. The summed E-state index contributed by atoms with van der Waals surface area (Å²) in [4.78, 5) is 11.8. The summed E-state index contributed by atoms with van der Waals surface area (Å²) in [5.41, 5.74) is 0.251. The maximum atomic E-state index is 11.8. The van der Waals surface area contributed by atoms with Crippen LogP contribution in [0, 0.1) is 0 Å². The molecule has 1 aromatic carbocycles. The second-order valence-corrected chi connectivity index (χ2v) is 3.31. The molecule has 0 unspecified atom stereocenters. The van der Waals surface area contributed by atoms with E-state index in [0.717, 1.165) is 0 Å². The summed E-state index contributed by atoms with van der Waals surface area (Å²) in [6.45, 7) is 0. The molecule has 1 aliphatic heterocycles. The van der Waals surface area contributed by atoms with Gasteiger partial charge in [0.25, 0.3) is 5.79 Å².